The molecule has 2 rings (SSSR count). The van der Waals surface area contributed by atoms with Crippen LogP contribution in [0.2, 0.25) is 0 Å². The number of carbonyl (C=O) groups is 1. The molecule has 0 fully saturated rings. The summed E-state index contributed by atoms with van der Waals surface area (Å²) in [5.74, 6) is 1.29. The Morgan fingerprint density at radius 1 is 1.00 bits per heavy atom. The lowest BCUT2D eigenvalue weighted by Gasteiger charge is -2.17. The van der Waals surface area contributed by atoms with E-state index < -0.39 is 0 Å². The topological polar surface area (TPSA) is 43.4 Å². The molecule has 96 valence electrons. The Kier molecular flexibility index (Phi) is 4.03. The first-order valence-corrected chi connectivity index (χ1v) is 6.38. The maximum absolute atomic E-state index is 12.6. The molecule has 0 aliphatic carbocycles. The third-order valence-corrected chi connectivity index (χ3v) is 3.28. The van der Waals surface area contributed by atoms with Gasteiger partial charge in [0.25, 0.3) is 0 Å². The summed E-state index contributed by atoms with van der Waals surface area (Å²) in [6.07, 6.45) is 4.70. The second-order valence-electron chi connectivity index (χ2n) is 4.35. The first-order valence-electron chi connectivity index (χ1n) is 6.38. The van der Waals surface area contributed by atoms with Gasteiger partial charge in [0, 0.05) is 0 Å². The lowest BCUT2D eigenvalue weighted by atomic mass is 9.86. The predicted octanol–water partition coefficient (Wildman–Crippen LogP) is 4.13. The smallest absolute Gasteiger partial charge is 0.154 e. The number of carbonyl (C=O) groups excluding carboxylic acids is 1. The van der Waals surface area contributed by atoms with Crippen molar-refractivity contribution in [2.75, 3.05) is 0 Å². The SMILES string of the molecule is CCC(C(=O)C(CC)c1ccco1)c1ccco1. The Bertz CT molecular complexity index is 424. The zero-order valence-electron chi connectivity index (χ0n) is 10.8. The van der Waals surface area contributed by atoms with Crippen LogP contribution >= 0.6 is 0 Å². The fourth-order valence-corrected chi connectivity index (χ4v) is 2.31. The van der Waals surface area contributed by atoms with Gasteiger partial charge in [-0.25, -0.2) is 0 Å². The molecule has 0 bridgehead atoms. The summed E-state index contributed by atoms with van der Waals surface area (Å²) < 4.78 is 10.7. The maximum Gasteiger partial charge on any atom is 0.154 e. The van der Waals surface area contributed by atoms with Gasteiger partial charge in [0.2, 0.25) is 0 Å². The molecular formula is C15H18O3. The van der Waals surface area contributed by atoms with Crippen molar-refractivity contribution in [3.05, 3.63) is 48.3 Å². The second kappa shape index (κ2) is 5.71. The molecule has 0 radical (unpaired) electrons. The minimum Gasteiger partial charge on any atom is -0.469 e. The molecule has 2 heterocycles. The molecule has 0 aromatic carbocycles. The Morgan fingerprint density at radius 2 is 1.44 bits per heavy atom. The van der Waals surface area contributed by atoms with Crippen LogP contribution in [0.3, 0.4) is 0 Å². The molecule has 0 aliphatic heterocycles. The van der Waals surface area contributed by atoms with Gasteiger partial charge in [-0.1, -0.05) is 13.8 Å². The molecule has 0 amide bonds. The Morgan fingerprint density at radius 3 is 1.72 bits per heavy atom. The van der Waals surface area contributed by atoms with Crippen LogP contribution in [0.4, 0.5) is 0 Å². The molecule has 0 saturated carbocycles. The third kappa shape index (κ3) is 2.40. The summed E-state index contributed by atoms with van der Waals surface area (Å²) in [6, 6.07) is 7.36. The quantitative estimate of drug-likeness (QED) is 0.769. The van der Waals surface area contributed by atoms with Gasteiger partial charge in [-0.3, -0.25) is 4.79 Å². The van der Waals surface area contributed by atoms with Crippen molar-refractivity contribution in [1.29, 1.82) is 0 Å². The van der Waals surface area contributed by atoms with Crippen LogP contribution < -0.4 is 0 Å². The van der Waals surface area contributed by atoms with Crippen LogP contribution in [0.15, 0.2) is 45.6 Å². The van der Waals surface area contributed by atoms with Crippen molar-refractivity contribution in [3.8, 4) is 0 Å². The van der Waals surface area contributed by atoms with Gasteiger partial charge in [0.1, 0.15) is 11.5 Å². The minimum absolute atomic E-state index is 0.171. The van der Waals surface area contributed by atoms with Crippen LogP contribution in [0.5, 0.6) is 0 Å². The highest BCUT2D eigenvalue weighted by molar-refractivity contribution is 5.90. The average Bonchev–Trinajstić information content (AvgIpc) is 3.03. The van der Waals surface area contributed by atoms with Gasteiger partial charge < -0.3 is 8.83 Å². The van der Waals surface area contributed by atoms with Crippen molar-refractivity contribution in [3.63, 3.8) is 0 Å². The highest BCUT2D eigenvalue weighted by atomic mass is 16.3. The number of furan rings is 2. The molecule has 0 spiro atoms. The van der Waals surface area contributed by atoms with Crippen molar-refractivity contribution < 1.29 is 13.6 Å². The highest BCUT2D eigenvalue weighted by Crippen LogP contribution is 2.31. The van der Waals surface area contributed by atoms with E-state index in [-0.39, 0.29) is 17.6 Å². The lowest BCUT2D eigenvalue weighted by Crippen LogP contribution is -2.19. The molecule has 2 unspecified atom stereocenters. The van der Waals surface area contributed by atoms with E-state index >= 15 is 0 Å². The van der Waals surface area contributed by atoms with Gasteiger partial charge >= 0.3 is 0 Å². The Labute approximate surface area is 107 Å². The molecule has 2 atom stereocenters. The molecule has 0 aliphatic rings. The van der Waals surface area contributed by atoms with E-state index in [0.29, 0.717) is 0 Å². The van der Waals surface area contributed by atoms with Gasteiger partial charge in [-0.05, 0) is 37.1 Å². The minimum atomic E-state index is -0.185. The maximum atomic E-state index is 12.6. The van der Waals surface area contributed by atoms with E-state index in [1.165, 1.54) is 0 Å². The van der Waals surface area contributed by atoms with Crippen LogP contribution in [0.1, 0.15) is 50.0 Å². The first-order chi connectivity index (χ1) is 8.77. The number of ketones is 1. The summed E-state index contributed by atoms with van der Waals surface area (Å²) in [5, 5.41) is 0. The zero-order valence-corrected chi connectivity index (χ0v) is 10.8. The molecule has 0 saturated heterocycles. The fourth-order valence-electron chi connectivity index (χ4n) is 2.31. The van der Waals surface area contributed by atoms with E-state index in [2.05, 4.69) is 0 Å². The number of rotatable bonds is 6. The van der Waals surface area contributed by atoms with E-state index in [1.807, 2.05) is 38.1 Å². The normalized spacial score (nSPS) is 14.3. The zero-order chi connectivity index (χ0) is 13.0. The van der Waals surface area contributed by atoms with Crippen molar-refractivity contribution >= 4 is 5.78 Å². The summed E-state index contributed by atoms with van der Waals surface area (Å²) >= 11 is 0. The molecule has 3 nitrogen and oxygen atoms in total. The number of hydrogen-bond acceptors (Lipinski definition) is 3. The predicted molar refractivity (Wildman–Crippen MR) is 68.5 cm³/mol. The van der Waals surface area contributed by atoms with Crippen LogP contribution in [-0.2, 0) is 4.79 Å². The number of hydrogen-bond donors (Lipinski definition) is 0. The second-order valence-corrected chi connectivity index (χ2v) is 4.35. The van der Waals surface area contributed by atoms with Gasteiger partial charge in [0.15, 0.2) is 5.78 Å². The first kappa shape index (κ1) is 12.7. The monoisotopic (exact) mass is 246 g/mol. The molecular weight excluding hydrogens is 228 g/mol. The van der Waals surface area contributed by atoms with Crippen molar-refractivity contribution in [1.82, 2.24) is 0 Å². The van der Waals surface area contributed by atoms with Crippen LogP contribution in [0.25, 0.3) is 0 Å². The van der Waals surface area contributed by atoms with Gasteiger partial charge in [-0.2, -0.15) is 0 Å². The molecule has 0 N–H and O–H groups in total. The average molecular weight is 246 g/mol. The lowest BCUT2D eigenvalue weighted by molar-refractivity contribution is -0.122. The largest absolute Gasteiger partial charge is 0.469 e. The molecule has 18 heavy (non-hydrogen) atoms. The van der Waals surface area contributed by atoms with E-state index in [1.54, 1.807) is 12.5 Å². The molecule has 3 heteroatoms. The number of Topliss-reactive ketones (excluding diaryl/α,β-unsaturated/α-hetero) is 1. The van der Waals surface area contributed by atoms with E-state index in [9.17, 15) is 4.79 Å². The van der Waals surface area contributed by atoms with E-state index in [0.717, 1.165) is 24.4 Å². The standard InChI is InChI=1S/C15H18O3/c1-3-11(13-7-5-9-17-13)15(16)12(4-2)14-8-6-10-18-14/h5-12H,3-4H2,1-2H3. The summed E-state index contributed by atoms with van der Waals surface area (Å²) in [5.41, 5.74) is 0. The van der Waals surface area contributed by atoms with Gasteiger partial charge in [-0.15, -0.1) is 0 Å². The Hall–Kier alpha value is -1.77. The summed E-state index contributed by atoms with van der Waals surface area (Å²) in [4.78, 5) is 12.6. The summed E-state index contributed by atoms with van der Waals surface area (Å²) in [6.45, 7) is 4.00. The van der Waals surface area contributed by atoms with Crippen LogP contribution in [-0.4, -0.2) is 5.78 Å². The van der Waals surface area contributed by atoms with Crippen molar-refractivity contribution in [2.24, 2.45) is 0 Å². The van der Waals surface area contributed by atoms with E-state index in [4.69, 9.17) is 8.83 Å². The highest BCUT2D eigenvalue weighted by Gasteiger charge is 2.30. The Balaban J connectivity index is 2.23. The van der Waals surface area contributed by atoms with Gasteiger partial charge in [0.05, 0.1) is 24.4 Å². The molecule has 2 aromatic rings. The summed E-state index contributed by atoms with van der Waals surface area (Å²) in [7, 11) is 0. The van der Waals surface area contributed by atoms with Crippen LogP contribution in [0, 0.1) is 0 Å². The third-order valence-electron chi connectivity index (χ3n) is 3.28. The molecule has 2 aromatic heterocycles. The van der Waals surface area contributed by atoms with Crippen molar-refractivity contribution in [2.45, 2.75) is 38.5 Å². The fraction of sp³-hybridized carbons (Fsp3) is 0.400.